The van der Waals surface area contributed by atoms with Crippen LogP contribution in [0.3, 0.4) is 0 Å². The molecule has 2 aliphatic heterocycles. The van der Waals surface area contributed by atoms with Crippen molar-refractivity contribution in [3.8, 4) is 12.3 Å². The third kappa shape index (κ3) is 2.40. The Kier molecular flexibility index (Phi) is 3.42. The van der Waals surface area contributed by atoms with Gasteiger partial charge in [-0.2, -0.15) is 0 Å². The van der Waals surface area contributed by atoms with Crippen LogP contribution in [0.15, 0.2) is 24.3 Å². The highest BCUT2D eigenvalue weighted by Crippen LogP contribution is 2.47. The molecule has 3 rings (SSSR count). The molecule has 0 aliphatic carbocycles. The van der Waals surface area contributed by atoms with Crippen molar-refractivity contribution in [3.63, 3.8) is 0 Å². The van der Waals surface area contributed by atoms with E-state index in [0.29, 0.717) is 17.9 Å². The molecule has 0 bridgehead atoms. The number of nitrogens with one attached hydrogen (secondary N) is 1. The van der Waals surface area contributed by atoms with Gasteiger partial charge in [0.2, 0.25) is 11.8 Å². The van der Waals surface area contributed by atoms with Crippen molar-refractivity contribution in [1.82, 2.24) is 4.90 Å². The van der Waals surface area contributed by atoms with Crippen LogP contribution in [0.25, 0.3) is 0 Å². The van der Waals surface area contributed by atoms with Crippen molar-refractivity contribution < 1.29 is 9.59 Å². The molecule has 2 amide bonds. The van der Waals surface area contributed by atoms with E-state index in [2.05, 4.69) is 11.2 Å². The summed E-state index contributed by atoms with van der Waals surface area (Å²) in [7, 11) is 0. The molecule has 0 radical (unpaired) electrons. The normalized spacial score (nSPS) is 27.3. The van der Waals surface area contributed by atoms with Crippen molar-refractivity contribution in [2.75, 3.05) is 11.1 Å². The van der Waals surface area contributed by atoms with Crippen LogP contribution in [0.1, 0.15) is 25.3 Å². The Labute approximate surface area is 128 Å². The highest BCUT2D eigenvalue weighted by Gasteiger charge is 2.52. The molecule has 4 nitrogen and oxygen atoms in total. The highest BCUT2D eigenvalue weighted by molar-refractivity contribution is 8.01. The van der Waals surface area contributed by atoms with E-state index in [-0.39, 0.29) is 16.7 Å². The Balaban J connectivity index is 1.77. The summed E-state index contributed by atoms with van der Waals surface area (Å²) < 4.78 is 0. The van der Waals surface area contributed by atoms with Gasteiger partial charge in [-0.25, -0.2) is 0 Å². The summed E-state index contributed by atoms with van der Waals surface area (Å²) in [5, 5.41) is 2.87. The van der Waals surface area contributed by atoms with Crippen molar-refractivity contribution >= 4 is 29.3 Å². The molecule has 2 aliphatic rings. The third-order valence-electron chi connectivity index (χ3n) is 4.04. The number of hydrogen-bond donors (Lipinski definition) is 1. The summed E-state index contributed by atoms with van der Waals surface area (Å²) in [6.45, 7) is 2.04. The fourth-order valence-electron chi connectivity index (χ4n) is 2.93. The van der Waals surface area contributed by atoms with Crippen LogP contribution in [0.2, 0.25) is 0 Å². The smallest absolute Gasteiger partial charge is 0.248 e. The summed E-state index contributed by atoms with van der Waals surface area (Å²) >= 11 is 1.69. The molecule has 1 aromatic carbocycles. The second kappa shape index (κ2) is 5.12. The number of carbonyl (C=O) groups excluding carboxylic acids is 2. The van der Waals surface area contributed by atoms with Crippen molar-refractivity contribution in [3.05, 3.63) is 29.8 Å². The van der Waals surface area contributed by atoms with E-state index in [0.717, 1.165) is 12.0 Å². The fraction of sp³-hybridized carbons (Fsp3) is 0.375. The molecule has 2 atom stereocenters. The minimum Gasteiger partial charge on any atom is -0.324 e. The number of hydrogen-bond acceptors (Lipinski definition) is 3. The molecule has 2 saturated heterocycles. The van der Waals surface area contributed by atoms with Crippen LogP contribution < -0.4 is 5.32 Å². The molecule has 0 spiro atoms. The van der Waals surface area contributed by atoms with Gasteiger partial charge in [0.15, 0.2) is 0 Å². The maximum absolute atomic E-state index is 12.5. The summed E-state index contributed by atoms with van der Waals surface area (Å²) in [5.74, 6) is 3.11. The zero-order valence-electron chi connectivity index (χ0n) is 11.8. The topological polar surface area (TPSA) is 49.4 Å². The van der Waals surface area contributed by atoms with Crippen LogP contribution in [-0.4, -0.2) is 33.4 Å². The summed E-state index contributed by atoms with van der Waals surface area (Å²) in [5.41, 5.74) is 1.39. The molecule has 5 heteroatoms. The van der Waals surface area contributed by atoms with Gasteiger partial charge in [-0.05, 0) is 31.5 Å². The van der Waals surface area contributed by atoms with Gasteiger partial charge in [0.05, 0.1) is 4.87 Å². The molecule has 1 N–H and O–H groups in total. The van der Waals surface area contributed by atoms with Crippen molar-refractivity contribution in [2.24, 2.45) is 0 Å². The van der Waals surface area contributed by atoms with E-state index in [4.69, 9.17) is 6.42 Å². The number of thioether (sulfide) groups is 1. The molecule has 2 fully saturated rings. The Morgan fingerprint density at radius 2 is 2.38 bits per heavy atom. The molecule has 2 heterocycles. The van der Waals surface area contributed by atoms with E-state index in [9.17, 15) is 9.59 Å². The van der Waals surface area contributed by atoms with Crippen molar-refractivity contribution in [2.45, 2.75) is 30.7 Å². The number of terminal acetylenes is 1. The lowest BCUT2D eigenvalue weighted by Crippen LogP contribution is -2.48. The van der Waals surface area contributed by atoms with Crippen LogP contribution in [0.5, 0.6) is 0 Å². The first-order chi connectivity index (χ1) is 10.0. The van der Waals surface area contributed by atoms with Crippen LogP contribution in [-0.2, 0) is 9.59 Å². The first-order valence-electron chi connectivity index (χ1n) is 6.87. The molecule has 0 saturated carbocycles. The van der Waals surface area contributed by atoms with E-state index in [1.165, 1.54) is 0 Å². The van der Waals surface area contributed by atoms with Gasteiger partial charge < -0.3 is 10.2 Å². The molecular weight excluding hydrogens is 284 g/mol. The molecule has 0 aromatic heterocycles. The van der Waals surface area contributed by atoms with Gasteiger partial charge in [-0.3, -0.25) is 9.59 Å². The number of carbonyl (C=O) groups is 2. The quantitative estimate of drug-likeness (QED) is 0.851. The molecular formula is C16H16N2O2S. The summed E-state index contributed by atoms with van der Waals surface area (Å²) in [6.07, 6.45) is 6.70. The molecule has 1 aromatic rings. The van der Waals surface area contributed by atoms with Crippen LogP contribution in [0, 0.1) is 12.3 Å². The van der Waals surface area contributed by atoms with Gasteiger partial charge in [-0.1, -0.05) is 12.0 Å². The van der Waals surface area contributed by atoms with Crippen LogP contribution >= 0.6 is 11.8 Å². The predicted octanol–water partition coefficient (Wildman–Crippen LogP) is 2.06. The zero-order chi connectivity index (χ0) is 15.0. The second-order valence-electron chi connectivity index (χ2n) is 5.48. The number of fused-ring (bicyclic) bond motifs is 1. The molecule has 108 valence electrons. The average Bonchev–Trinajstić information content (AvgIpc) is 2.96. The molecule has 0 unspecified atom stereocenters. The standard InChI is InChI=1S/C16H16N2O2S/c1-3-11-5-4-6-12(9-11)17-15(20)13-10-21-16(2)8-7-14(19)18(13)16/h1,4-6,9,13H,7-8,10H2,2H3,(H,17,20)/t13-,16+/m0/s1. The Bertz CT molecular complexity index is 652. The lowest BCUT2D eigenvalue weighted by Gasteiger charge is -2.29. The first-order valence-corrected chi connectivity index (χ1v) is 7.86. The highest BCUT2D eigenvalue weighted by atomic mass is 32.2. The fourth-order valence-corrected chi connectivity index (χ4v) is 4.36. The number of nitrogens with zero attached hydrogens (tertiary/aromatic N) is 1. The monoisotopic (exact) mass is 300 g/mol. The first kappa shape index (κ1) is 14.0. The predicted molar refractivity (Wildman–Crippen MR) is 83.7 cm³/mol. The number of rotatable bonds is 2. The third-order valence-corrected chi connectivity index (χ3v) is 5.55. The Hall–Kier alpha value is -1.93. The zero-order valence-corrected chi connectivity index (χ0v) is 12.6. The summed E-state index contributed by atoms with van der Waals surface area (Å²) in [4.78, 5) is 26.0. The minimum atomic E-state index is -0.399. The minimum absolute atomic E-state index is 0.0695. The average molecular weight is 300 g/mol. The molecule has 21 heavy (non-hydrogen) atoms. The number of anilines is 1. The summed E-state index contributed by atoms with van der Waals surface area (Å²) in [6, 6.07) is 6.77. The van der Waals surface area contributed by atoms with E-state index in [1.807, 2.05) is 13.0 Å². The van der Waals surface area contributed by atoms with E-state index >= 15 is 0 Å². The Morgan fingerprint density at radius 3 is 3.14 bits per heavy atom. The lowest BCUT2D eigenvalue weighted by molar-refractivity contribution is -0.135. The van der Waals surface area contributed by atoms with Crippen molar-refractivity contribution in [1.29, 1.82) is 0 Å². The maximum Gasteiger partial charge on any atom is 0.248 e. The largest absolute Gasteiger partial charge is 0.324 e. The van der Waals surface area contributed by atoms with Gasteiger partial charge in [0, 0.05) is 23.4 Å². The van der Waals surface area contributed by atoms with Crippen LogP contribution in [0.4, 0.5) is 5.69 Å². The van der Waals surface area contributed by atoms with E-state index in [1.54, 1.807) is 34.9 Å². The Morgan fingerprint density at radius 1 is 1.57 bits per heavy atom. The lowest BCUT2D eigenvalue weighted by atomic mass is 10.2. The number of benzene rings is 1. The van der Waals surface area contributed by atoms with E-state index < -0.39 is 6.04 Å². The van der Waals surface area contributed by atoms with Gasteiger partial charge in [0.25, 0.3) is 0 Å². The SMILES string of the molecule is C#Cc1cccc(NC(=O)[C@@H]2CS[C@]3(C)CCC(=O)N23)c1. The number of amides is 2. The second-order valence-corrected chi connectivity index (χ2v) is 6.98. The van der Waals surface area contributed by atoms with Gasteiger partial charge in [-0.15, -0.1) is 18.2 Å². The van der Waals surface area contributed by atoms with Gasteiger partial charge >= 0.3 is 0 Å². The maximum atomic E-state index is 12.5. The van der Waals surface area contributed by atoms with Gasteiger partial charge in [0.1, 0.15) is 6.04 Å².